The minimum absolute atomic E-state index is 0.448. The van der Waals surface area contributed by atoms with Crippen LogP contribution in [0.3, 0.4) is 0 Å². The first-order valence-corrected chi connectivity index (χ1v) is 16.8. The number of methoxy groups -OCH3 is 8. The third kappa shape index (κ3) is 8.24. The van der Waals surface area contributed by atoms with Gasteiger partial charge in [0.2, 0.25) is 0 Å². The molecule has 11 heteroatoms. The minimum Gasteiger partial charge on any atom is -0.497 e. The zero-order chi connectivity index (χ0) is 35.6. The van der Waals surface area contributed by atoms with Crippen LogP contribution in [0, 0.1) is 0 Å². The lowest BCUT2D eigenvalue weighted by molar-refractivity contribution is 0.374. The summed E-state index contributed by atoms with van der Waals surface area (Å²) in [4.78, 5) is 0. The molecule has 10 nitrogen and oxygen atoms in total. The van der Waals surface area contributed by atoms with Gasteiger partial charge in [-0.3, -0.25) is 0 Å². The average Bonchev–Trinajstić information content (AvgIpc) is 3.14. The van der Waals surface area contributed by atoms with E-state index in [1.807, 2.05) is 0 Å². The molecule has 0 saturated heterocycles. The van der Waals surface area contributed by atoms with E-state index in [0.29, 0.717) is 68.2 Å². The quantitative estimate of drug-likeness (QED) is 0.118. The van der Waals surface area contributed by atoms with Gasteiger partial charge in [-0.1, -0.05) is 36.4 Å². The molecule has 2 unspecified atom stereocenters. The first-order chi connectivity index (χ1) is 23.7. The van der Waals surface area contributed by atoms with Crippen molar-refractivity contribution in [1.82, 2.24) is 0 Å². The van der Waals surface area contributed by atoms with E-state index in [-0.39, 0.29) is 0 Å². The number of hydrogen-bond donors (Lipinski definition) is 0. The molecule has 0 N–H and O–H groups in total. The van der Waals surface area contributed by atoms with Crippen molar-refractivity contribution >= 4 is 22.0 Å². The summed E-state index contributed by atoms with van der Waals surface area (Å²) in [6.45, 7) is 0. The van der Waals surface area contributed by atoms with Crippen molar-refractivity contribution in [1.29, 1.82) is 0 Å². The van der Waals surface area contributed by atoms with Crippen molar-refractivity contribution in [2.45, 2.75) is 10.5 Å². The van der Waals surface area contributed by atoms with Crippen LogP contribution < -0.4 is 37.9 Å². The van der Waals surface area contributed by atoms with E-state index in [2.05, 4.69) is 0 Å². The molecule has 0 saturated carbocycles. The maximum absolute atomic E-state index is 15.1. The summed E-state index contributed by atoms with van der Waals surface area (Å²) in [7, 11) is 8.16. The minimum atomic E-state index is -4.12. The van der Waals surface area contributed by atoms with Gasteiger partial charge in [0.25, 0.3) is 0 Å². The first-order valence-electron chi connectivity index (χ1n) is 15.1. The third-order valence-electron chi connectivity index (χ3n) is 7.98. The highest BCUT2D eigenvalue weighted by atomic mass is 32.2. The summed E-state index contributed by atoms with van der Waals surface area (Å²) < 4.78 is 74.2. The Morgan fingerprint density at radius 2 is 0.714 bits per heavy atom. The summed E-state index contributed by atoms with van der Waals surface area (Å²) in [6, 6.07) is 20.7. The topological polar surface area (TPSA) is 108 Å². The van der Waals surface area contributed by atoms with E-state index in [1.165, 1.54) is 28.4 Å². The second-order valence-corrected chi connectivity index (χ2v) is 12.8. The molecule has 4 aromatic rings. The van der Waals surface area contributed by atoms with Gasteiger partial charge in [0, 0.05) is 24.3 Å². The molecular weight excluding hydrogens is 648 g/mol. The molecule has 4 rings (SSSR count). The van der Waals surface area contributed by atoms with Crippen molar-refractivity contribution < 1.29 is 46.3 Å². The Balaban J connectivity index is 1.95. The van der Waals surface area contributed by atoms with Gasteiger partial charge >= 0.3 is 0 Å². The second kappa shape index (κ2) is 16.7. The fourth-order valence-corrected chi connectivity index (χ4v) is 7.31. The average molecular weight is 691 g/mol. The summed E-state index contributed by atoms with van der Waals surface area (Å²) in [5.41, 5.74) is 2.14. The van der Waals surface area contributed by atoms with Gasteiger partial charge in [0.05, 0.1) is 68.0 Å². The smallest absolute Gasteiger partial charge is 0.171 e. The highest BCUT2D eigenvalue weighted by Crippen LogP contribution is 2.42. The molecule has 0 spiro atoms. The van der Waals surface area contributed by atoms with Gasteiger partial charge in [0.15, 0.2) is 9.84 Å². The monoisotopic (exact) mass is 690 g/mol. The van der Waals surface area contributed by atoms with Crippen LogP contribution in [0.1, 0.15) is 32.8 Å². The van der Waals surface area contributed by atoms with Crippen LogP contribution in [-0.4, -0.2) is 65.3 Å². The van der Waals surface area contributed by atoms with Gasteiger partial charge in [-0.15, -0.1) is 0 Å². The lowest BCUT2D eigenvalue weighted by atomic mass is 10.1. The Kier molecular flexibility index (Phi) is 12.5. The molecule has 2 atom stereocenters. The van der Waals surface area contributed by atoms with Crippen LogP contribution in [0.2, 0.25) is 0 Å². The van der Waals surface area contributed by atoms with Gasteiger partial charge < -0.3 is 37.9 Å². The molecular formula is C38H42O10S. The van der Waals surface area contributed by atoms with Crippen molar-refractivity contribution in [2.24, 2.45) is 0 Å². The number of ether oxygens (including phenoxy) is 8. The zero-order valence-corrected chi connectivity index (χ0v) is 29.7. The number of rotatable bonds is 16. The van der Waals surface area contributed by atoms with Crippen molar-refractivity contribution in [3.8, 4) is 46.0 Å². The first kappa shape index (κ1) is 36.5. The second-order valence-electron chi connectivity index (χ2n) is 10.6. The standard InChI is InChI=1S/C38H42O10S/c1-41-27-13-9-25(10-14-27)37(19-17-31-33(45-5)21-29(43-3)22-34(31)46-6)49(39,40)38(26-11-15-28(42-2)16-12-26)20-18-32-35(47-7)23-30(44-4)24-36(32)48-8/h9-24,37-38H,1-8H3. The molecule has 0 aliphatic rings. The van der Waals surface area contributed by atoms with Crippen LogP contribution in [0.25, 0.3) is 12.2 Å². The van der Waals surface area contributed by atoms with Gasteiger partial charge in [-0.05, 0) is 47.5 Å². The molecule has 0 aromatic heterocycles. The molecule has 49 heavy (non-hydrogen) atoms. The molecule has 260 valence electrons. The Bertz CT molecular complexity index is 1680. The van der Waals surface area contributed by atoms with E-state index in [1.54, 1.807) is 126 Å². The number of benzene rings is 4. The van der Waals surface area contributed by atoms with Crippen molar-refractivity contribution in [3.63, 3.8) is 0 Å². The Morgan fingerprint density at radius 3 is 0.959 bits per heavy atom. The highest BCUT2D eigenvalue weighted by Gasteiger charge is 2.34. The highest BCUT2D eigenvalue weighted by molar-refractivity contribution is 7.92. The maximum atomic E-state index is 15.1. The lowest BCUT2D eigenvalue weighted by Gasteiger charge is -2.22. The molecule has 0 heterocycles. The molecule has 0 bridgehead atoms. The fourth-order valence-electron chi connectivity index (χ4n) is 5.33. The summed E-state index contributed by atoms with van der Waals surface area (Å²) in [5, 5.41) is -2.27. The van der Waals surface area contributed by atoms with E-state index < -0.39 is 20.3 Å². The zero-order valence-electron chi connectivity index (χ0n) is 28.9. The van der Waals surface area contributed by atoms with Crippen LogP contribution >= 0.6 is 0 Å². The molecule has 0 radical (unpaired) electrons. The van der Waals surface area contributed by atoms with E-state index in [0.717, 1.165) is 0 Å². The normalized spacial score (nSPS) is 12.7. The van der Waals surface area contributed by atoms with E-state index in [9.17, 15) is 0 Å². The van der Waals surface area contributed by atoms with Crippen LogP contribution in [0.4, 0.5) is 0 Å². The molecule has 0 fully saturated rings. The van der Waals surface area contributed by atoms with E-state index >= 15 is 8.42 Å². The third-order valence-corrected chi connectivity index (χ3v) is 10.3. The fraction of sp³-hybridized carbons (Fsp3) is 0.263. The number of sulfone groups is 1. The molecule has 4 aromatic carbocycles. The Hall–Kier alpha value is -5.29. The largest absolute Gasteiger partial charge is 0.497 e. The summed E-state index contributed by atoms with van der Waals surface area (Å²) in [5.74, 6) is 4.03. The predicted molar refractivity (Wildman–Crippen MR) is 191 cm³/mol. The predicted octanol–water partition coefficient (Wildman–Crippen LogP) is 7.38. The SMILES string of the molecule is COc1ccc(C(C=Cc2c(OC)cc(OC)cc2OC)S(=O)(=O)C(C=Cc2c(OC)cc(OC)cc2OC)c2ccc(OC)cc2)cc1. The van der Waals surface area contributed by atoms with Crippen molar-refractivity contribution in [2.75, 3.05) is 56.9 Å². The lowest BCUT2D eigenvalue weighted by Crippen LogP contribution is -2.19. The Labute approximate surface area is 288 Å². The molecule has 0 aliphatic heterocycles. The van der Waals surface area contributed by atoms with Crippen LogP contribution in [-0.2, 0) is 9.84 Å². The maximum Gasteiger partial charge on any atom is 0.171 e. The van der Waals surface area contributed by atoms with Gasteiger partial charge in [-0.25, -0.2) is 8.42 Å². The van der Waals surface area contributed by atoms with Gasteiger partial charge in [-0.2, -0.15) is 0 Å². The van der Waals surface area contributed by atoms with Gasteiger partial charge in [0.1, 0.15) is 56.5 Å². The summed E-state index contributed by atoms with van der Waals surface area (Å²) >= 11 is 0. The van der Waals surface area contributed by atoms with Crippen molar-refractivity contribution in [3.05, 3.63) is 107 Å². The van der Waals surface area contributed by atoms with Crippen LogP contribution in [0.15, 0.2) is 84.9 Å². The van der Waals surface area contributed by atoms with Crippen LogP contribution in [0.5, 0.6) is 46.0 Å². The Morgan fingerprint density at radius 1 is 0.429 bits per heavy atom. The van der Waals surface area contributed by atoms with E-state index in [4.69, 9.17) is 37.9 Å². The summed E-state index contributed by atoms with van der Waals surface area (Å²) in [6.07, 6.45) is 6.63. The molecule has 0 aliphatic carbocycles. The number of hydrogen-bond acceptors (Lipinski definition) is 10. The molecule has 0 amide bonds.